The molecule has 0 bridgehead atoms. The summed E-state index contributed by atoms with van der Waals surface area (Å²) in [7, 11) is -0.406. The molecule has 1 saturated heterocycles. The highest BCUT2D eigenvalue weighted by molar-refractivity contribution is 9.10. The van der Waals surface area contributed by atoms with Crippen molar-refractivity contribution >= 4 is 60.3 Å². The van der Waals surface area contributed by atoms with E-state index in [9.17, 15) is 0 Å². The topological polar surface area (TPSA) is 113 Å². The number of imidazole rings is 2. The van der Waals surface area contributed by atoms with E-state index in [1.807, 2.05) is 63.2 Å². The lowest BCUT2D eigenvalue weighted by molar-refractivity contribution is 0.272. The van der Waals surface area contributed by atoms with E-state index >= 15 is 0 Å². The lowest BCUT2D eigenvalue weighted by Crippen LogP contribution is -2.44. The van der Waals surface area contributed by atoms with Gasteiger partial charge in [0.25, 0.3) is 0 Å². The summed E-state index contributed by atoms with van der Waals surface area (Å²) in [6.45, 7) is 12.4. The first-order chi connectivity index (χ1) is 33.5. The summed E-state index contributed by atoms with van der Waals surface area (Å²) < 4.78 is 20.6. The third kappa shape index (κ3) is 8.43. The summed E-state index contributed by atoms with van der Waals surface area (Å²) in [6, 6.07) is 42.9. The summed E-state index contributed by atoms with van der Waals surface area (Å²) in [5.41, 5.74) is 15.3. The molecular weight excluding hydrogens is 921 g/mol. The molecule has 0 radical (unpaired) electrons. The van der Waals surface area contributed by atoms with Gasteiger partial charge in [-0.3, -0.25) is 9.13 Å². The molecule has 69 heavy (non-hydrogen) atoms. The number of nitrogens with zero attached hydrogens (tertiary/aromatic N) is 6. The van der Waals surface area contributed by atoms with Crippen LogP contribution in [0, 0.1) is 6.92 Å². The number of pyridine rings is 2. The summed E-state index contributed by atoms with van der Waals surface area (Å²) >= 11 is 3.75. The van der Waals surface area contributed by atoms with Crippen LogP contribution in [0.1, 0.15) is 69.2 Å². The number of aryl methyl sites for hydroxylation is 1. The van der Waals surface area contributed by atoms with Crippen LogP contribution in [0.2, 0.25) is 20.5 Å². The Labute approximate surface area is 414 Å². The second-order valence-corrected chi connectivity index (χ2v) is 20.0. The van der Waals surface area contributed by atoms with Crippen molar-refractivity contribution in [1.29, 1.82) is 0 Å². The fourth-order valence-electron chi connectivity index (χ4n) is 10.5. The first kappa shape index (κ1) is 45.2. The SMILES string of the molecule is CB1OB(C)OB(C)O1.CC1(c2ccc(-c3c(Br)nc4n3-c3cccnc3Nc3ccccc3-4)cc2)CCC1.Cc1nc2n(c1-c1ccc(C3(C)CCC3)cc1)-c1cccnc1Nc1ccccc1-2. The normalized spacial score (nSPS) is 16.5. The average molecular weight is 975 g/mol. The smallest absolute Gasteiger partial charge is 0.426 e. The highest BCUT2D eigenvalue weighted by Crippen LogP contribution is 2.47. The molecule has 15 heteroatoms. The quantitative estimate of drug-likeness (QED) is 0.166. The first-order valence-electron chi connectivity index (χ1n) is 24.2. The van der Waals surface area contributed by atoms with Crippen molar-refractivity contribution in [3.8, 4) is 56.7 Å². The molecule has 3 aliphatic heterocycles. The Kier molecular flexibility index (Phi) is 12.0. The molecule has 4 aromatic carbocycles. The summed E-state index contributed by atoms with van der Waals surface area (Å²) in [5.74, 6) is 3.53. The standard InChI is InChI=1S/C26H24N4.C25H21BrN4.C3H9B3O3/c1-17-23(18-10-12-19(13-11-18)26(2)14-6-15-26)30-22-9-5-16-27-24(22)29-21-8-4-3-7-20(21)25(30)28-17;1-25(13-5-14-25)17-11-9-16(10-12-17)21-22(26)29-24-18-6-2-3-7-19(18)28-23-20(30(21)24)8-4-15-27-23;1-4-7-5(2)9-6(3)8-4/h3-5,7-13,16H,6,14-15H2,1-2H3,(H,27,29);2-4,6-12,15H,5,13-14H2,1H3,(H,27,28);1-3H3. The second-order valence-electron chi connectivity index (χ2n) is 19.3. The van der Waals surface area contributed by atoms with Crippen molar-refractivity contribution in [1.82, 2.24) is 29.1 Å². The van der Waals surface area contributed by atoms with Crippen LogP contribution >= 0.6 is 15.9 Å². The Morgan fingerprint density at radius 2 is 0.957 bits per heavy atom. The molecule has 0 spiro atoms. The highest BCUT2D eigenvalue weighted by Gasteiger charge is 2.36. The fourth-order valence-corrected chi connectivity index (χ4v) is 11.0. The summed E-state index contributed by atoms with van der Waals surface area (Å²) in [4.78, 5) is 19.2. The van der Waals surface area contributed by atoms with Crippen molar-refractivity contribution in [2.24, 2.45) is 0 Å². The van der Waals surface area contributed by atoms with E-state index in [-0.39, 0.29) is 21.4 Å². The van der Waals surface area contributed by atoms with Crippen LogP contribution in [0.25, 0.3) is 56.7 Å². The van der Waals surface area contributed by atoms with Gasteiger partial charge in [-0.15, -0.1) is 0 Å². The molecule has 5 aliphatic rings. The molecule has 2 saturated carbocycles. The van der Waals surface area contributed by atoms with Gasteiger partial charge in [0.15, 0.2) is 11.6 Å². The zero-order chi connectivity index (χ0) is 47.4. The third-order valence-corrected chi connectivity index (χ3v) is 15.1. The van der Waals surface area contributed by atoms with Crippen LogP contribution in [0.5, 0.6) is 0 Å². The predicted molar refractivity (Wildman–Crippen MR) is 284 cm³/mol. The molecule has 4 aromatic heterocycles. The Morgan fingerprint density at radius 3 is 1.41 bits per heavy atom. The number of fused-ring (bicyclic) bond motifs is 10. The Bertz CT molecular complexity index is 2960. The Morgan fingerprint density at radius 1 is 0.536 bits per heavy atom. The van der Waals surface area contributed by atoms with Gasteiger partial charge in [-0.05, 0) is 139 Å². The van der Waals surface area contributed by atoms with Crippen molar-refractivity contribution in [2.75, 3.05) is 10.6 Å². The average Bonchev–Trinajstić information content (AvgIpc) is 3.77. The van der Waals surface area contributed by atoms with Gasteiger partial charge >= 0.3 is 21.4 Å². The van der Waals surface area contributed by atoms with Gasteiger partial charge in [0.1, 0.15) is 16.3 Å². The van der Waals surface area contributed by atoms with E-state index in [4.69, 9.17) is 23.7 Å². The van der Waals surface area contributed by atoms with E-state index in [0.717, 1.165) is 84.4 Å². The van der Waals surface area contributed by atoms with E-state index in [1.165, 1.54) is 55.2 Å². The predicted octanol–water partition coefficient (Wildman–Crippen LogP) is 13.7. The van der Waals surface area contributed by atoms with E-state index in [2.05, 4.69) is 157 Å². The largest absolute Gasteiger partial charge is 0.453 e. The lowest BCUT2D eigenvalue weighted by Gasteiger charge is -2.39. The first-order valence-corrected chi connectivity index (χ1v) is 25.0. The Balaban J connectivity index is 0.000000128. The number of para-hydroxylation sites is 2. The van der Waals surface area contributed by atoms with Gasteiger partial charge in [-0.25, -0.2) is 19.9 Å². The molecule has 0 atom stereocenters. The fraction of sp³-hybridized carbons (Fsp3) is 0.259. The third-order valence-electron chi connectivity index (χ3n) is 14.6. The molecule has 11 nitrogen and oxygen atoms in total. The maximum Gasteiger partial charge on any atom is 0.426 e. The van der Waals surface area contributed by atoms with E-state index in [0.29, 0.717) is 10.8 Å². The molecule has 0 unspecified atom stereocenters. The molecule has 344 valence electrons. The number of hydrogen-bond donors (Lipinski definition) is 2. The minimum Gasteiger partial charge on any atom is -0.453 e. The molecule has 2 N–H and O–H groups in total. The molecule has 8 aromatic rings. The summed E-state index contributed by atoms with van der Waals surface area (Å²) in [6.07, 6.45) is 11.4. The van der Waals surface area contributed by atoms with Gasteiger partial charge in [0, 0.05) is 34.6 Å². The number of hydrogen-bond acceptors (Lipinski definition) is 9. The molecule has 7 heterocycles. The van der Waals surface area contributed by atoms with Gasteiger partial charge < -0.3 is 24.3 Å². The number of aromatic nitrogens is 6. The van der Waals surface area contributed by atoms with Crippen LogP contribution < -0.4 is 10.6 Å². The lowest BCUT2D eigenvalue weighted by atomic mass is 9.66. The number of nitrogens with one attached hydrogen (secondary N) is 2. The van der Waals surface area contributed by atoms with Gasteiger partial charge in [0.2, 0.25) is 0 Å². The number of halogens is 1. The maximum atomic E-state index is 5.11. The second kappa shape index (κ2) is 18.3. The van der Waals surface area contributed by atoms with E-state index in [1.54, 1.807) is 0 Å². The zero-order valence-corrected chi connectivity index (χ0v) is 41.5. The number of benzene rings is 4. The van der Waals surface area contributed by atoms with Crippen molar-refractivity contribution in [2.45, 2.75) is 90.6 Å². The molecule has 0 amide bonds. The van der Waals surface area contributed by atoms with Crippen molar-refractivity contribution in [3.63, 3.8) is 0 Å². The van der Waals surface area contributed by atoms with Gasteiger partial charge in [-0.1, -0.05) is 99.5 Å². The highest BCUT2D eigenvalue weighted by atomic mass is 79.9. The van der Waals surface area contributed by atoms with Crippen LogP contribution in [-0.4, -0.2) is 50.4 Å². The van der Waals surface area contributed by atoms with Crippen molar-refractivity contribution < 1.29 is 13.7 Å². The van der Waals surface area contributed by atoms with Gasteiger partial charge in [-0.2, -0.15) is 0 Å². The Hall–Kier alpha value is -6.25. The molecule has 2 aliphatic carbocycles. The van der Waals surface area contributed by atoms with Crippen LogP contribution in [0.4, 0.5) is 23.0 Å². The summed E-state index contributed by atoms with van der Waals surface area (Å²) in [5, 5.41) is 7.00. The van der Waals surface area contributed by atoms with E-state index < -0.39 is 0 Å². The molecular formula is C54H54B3BrN8O3. The monoisotopic (exact) mass is 974 g/mol. The minimum atomic E-state index is -0.135. The maximum absolute atomic E-state index is 5.11. The van der Waals surface area contributed by atoms with Crippen LogP contribution in [0.3, 0.4) is 0 Å². The minimum absolute atomic E-state index is 0.135. The number of rotatable bonds is 4. The van der Waals surface area contributed by atoms with Crippen molar-refractivity contribution in [3.05, 3.63) is 155 Å². The zero-order valence-electron chi connectivity index (χ0n) is 40.0. The van der Waals surface area contributed by atoms with Crippen LogP contribution in [0.15, 0.2) is 138 Å². The molecule has 3 fully saturated rings. The van der Waals surface area contributed by atoms with Gasteiger partial charge in [0.05, 0.1) is 39.8 Å². The van der Waals surface area contributed by atoms with Crippen LogP contribution in [-0.2, 0) is 24.5 Å². The number of anilines is 4. The molecule has 13 rings (SSSR count).